The van der Waals surface area contributed by atoms with Crippen molar-refractivity contribution >= 4 is 17.2 Å². The summed E-state index contributed by atoms with van der Waals surface area (Å²) in [5.74, 6) is 1.27. The highest BCUT2D eigenvalue weighted by atomic mass is 32.1. The van der Waals surface area contributed by atoms with Gasteiger partial charge in [0.2, 0.25) is 0 Å². The van der Waals surface area contributed by atoms with Crippen LogP contribution in [0.15, 0.2) is 35.7 Å². The van der Waals surface area contributed by atoms with Crippen LogP contribution in [0.4, 0.5) is 0 Å². The highest BCUT2D eigenvalue weighted by molar-refractivity contribution is 7.10. The number of rotatable bonds is 6. The number of hydrogen-bond acceptors (Lipinski definition) is 4. The number of carbonyl (C=O) groups is 1. The summed E-state index contributed by atoms with van der Waals surface area (Å²) in [5.41, 5.74) is 1.20. The first kappa shape index (κ1) is 14.4. The van der Waals surface area contributed by atoms with Gasteiger partial charge in [0.25, 0.3) is 5.91 Å². The number of hydrogen-bond donors (Lipinski definition) is 1. The van der Waals surface area contributed by atoms with Gasteiger partial charge in [-0.25, -0.2) is 0 Å². The smallest absolute Gasteiger partial charge is 0.258 e. The van der Waals surface area contributed by atoms with Crippen molar-refractivity contribution in [1.29, 1.82) is 0 Å². The molecule has 2 rings (SSSR count). The van der Waals surface area contributed by atoms with Crippen molar-refractivity contribution in [3.63, 3.8) is 0 Å². The number of aryl methyl sites for hydroxylation is 1. The molecule has 0 aliphatic rings. The van der Waals surface area contributed by atoms with E-state index in [1.54, 1.807) is 42.7 Å². The number of thiophene rings is 1. The summed E-state index contributed by atoms with van der Waals surface area (Å²) >= 11 is 1.64. The Kier molecular flexibility index (Phi) is 5.01. The number of ether oxygens (including phenoxy) is 2. The molecule has 5 heteroatoms. The highest BCUT2D eigenvalue weighted by Crippen LogP contribution is 2.17. The van der Waals surface area contributed by atoms with Gasteiger partial charge in [0.05, 0.1) is 13.7 Å². The van der Waals surface area contributed by atoms with E-state index in [2.05, 4.69) is 5.32 Å². The molecule has 0 saturated carbocycles. The predicted molar refractivity (Wildman–Crippen MR) is 79.4 cm³/mol. The van der Waals surface area contributed by atoms with Crippen molar-refractivity contribution in [1.82, 2.24) is 5.32 Å². The molecule has 0 aliphatic carbocycles. The Bertz CT molecular complexity index is 563. The number of carbonyl (C=O) groups excluding carboxylic acids is 1. The zero-order chi connectivity index (χ0) is 14.4. The number of benzene rings is 1. The average molecular weight is 291 g/mol. The van der Waals surface area contributed by atoms with Crippen molar-refractivity contribution in [3.8, 4) is 11.5 Å². The summed E-state index contributed by atoms with van der Waals surface area (Å²) in [5, 5.41) is 4.86. The number of methoxy groups -OCH3 is 1. The van der Waals surface area contributed by atoms with E-state index in [9.17, 15) is 4.79 Å². The molecule has 106 valence electrons. The van der Waals surface area contributed by atoms with Crippen LogP contribution >= 0.6 is 11.3 Å². The van der Waals surface area contributed by atoms with Crippen molar-refractivity contribution in [2.75, 3.05) is 13.7 Å². The lowest BCUT2D eigenvalue weighted by atomic mass is 10.3. The van der Waals surface area contributed by atoms with Crippen LogP contribution in [-0.4, -0.2) is 19.6 Å². The molecular formula is C15H17NO3S. The standard InChI is InChI=1S/C15H17NO3S/c1-11-7-8-20-14(11)9-16-15(17)10-19-13-5-3-12(18-2)4-6-13/h3-8H,9-10H2,1-2H3,(H,16,17). The molecule has 0 spiro atoms. The minimum absolute atomic E-state index is 0.0107. The van der Waals surface area contributed by atoms with Gasteiger partial charge in [-0.1, -0.05) is 0 Å². The molecule has 0 aliphatic heterocycles. The van der Waals surface area contributed by atoms with Crippen LogP contribution in [0.25, 0.3) is 0 Å². The molecule has 1 aromatic carbocycles. The lowest BCUT2D eigenvalue weighted by molar-refractivity contribution is -0.123. The molecular weight excluding hydrogens is 274 g/mol. The van der Waals surface area contributed by atoms with Crippen molar-refractivity contribution in [2.24, 2.45) is 0 Å². The molecule has 4 nitrogen and oxygen atoms in total. The maximum Gasteiger partial charge on any atom is 0.258 e. The zero-order valence-corrected chi connectivity index (χ0v) is 12.3. The van der Waals surface area contributed by atoms with Gasteiger partial charge in [-0.3, -0.25) is 4.79 Å². The summed E-state index contributed by atoms with van der Waals surface area (Å²) in [7, 11) is 1.61. The quantitative estimate of drug-likeness (QED) is 0.890. The average Bonchev–Trinajstić information content (AvgIpc) is 2.89. The van der Waals surface area contributed by atoms with E-state index >= 15 is 0 Å². The van der Waals surface area contributed by atoms with Crippen molar-refractivity contribution in [3.05, 3.63) is 46.2 Å². The van der Waals surface area contributed by atoms with Gasteiger partial charge in [0.15, 0.2) is 6.61 Å². The van der Waals surface area contributed by atoms with E-state index < -0.39 is 0 Å². The van der Waals surface area contributed by atoms with Crippen LogP contribution < -0.4 is 14.8 Å². The third kappa shape index (κ3) is 3.99. The Morgan fingerprint density at radius 3 is 2.50 bits per heavy atom. The monoisotopic (exact) mass is 291 g/mol. The van der Waals surface area contributed by atoms with Crippen LogP contribution in [-0.2, 0) is 11.3 Å². The molecule has 1 aromatic heterocycles. The van der Waals surface area contributed by atoms with Crippen LogP contribution in [0, 0.1) is 6.92 Å². The molecule has 0 bridgehead atoms. The second kappa shape index (κ2) is 6.96. The molecule has 0 atom stereocenters. The van der Waals surface area contributed by atoms with E-state index in [0.29, 0.717) is 12.3 Å². The van der Waals surface area contributed by atoms with Gasteiger partial charge < -0.3 is 14.8 Å². The third-order valence-electron chi connectivity index (χ3n) is 2.84. The first-order valence-electron chi connectivity index (χ1n) is 6.25. The minimum Gasteiger partial charge on any atom is -0.497 e. The molecule has 0 radical (unpaired) electrons. The van der Waals surface area contributed by atoms with Crippen molar-refractivity contribution < 1.29 is 14.3 Å². The third-order valence-corrected chi connectivity index (χ3v) is 3.87. The Morgan fingerprint density at radius 2 is 1.90 bits per heavy atom. The fourth-order valence-electron chi connectivity index (χ4n) is 1.64. The van der Waals surface area contributed by atoms with Crippen LogP contribution in [0.2, 0.25) is 0 Å². The molecule has 1 heterocycles. The molecule has 0 saturated heterocycles. The van der Waals surface area contributed by atoms with Gasteiger partial charge in [-0.15, -0.1) is 11.3 Å². The SMILES string of the molecule is COc1ccc(OCC(=O)NCc2sccc2C)cc1. The van der Waals surface area contributed by atoms with E-state index in [4.69, 9.17) is 9.47 Å². The summed E-state index contributed by atoms with van der Waals surface area (Å²) in [6.45, 7) is 2.59. The van der Waals surface area contributed by atoms with Crippen molar-refractivity contribution in [2.45, 2.75) is 13.5 Å². The largest absolute Gasteiger partial charge is 0.497 e. The second-order valence-electron chi connectivity index (χ2n) is 4.27. The second-order valence-corrected chi connectivity index (χ2v) is 5.27. The minimum atomic E-state index is -0.131. The molecule has 1 N–H and O–H groups in total. The zero-order valence-electron chi connectivity index (χ0n) is 11.5. The summed E-state index contributed by atoms with van der Waals surface area (Å²) in [4.78, 5) is 12.9. The van der Waals surface area contributed by atoms with Crippen LogP contribution in [0.3, 0.4) is 0 Å². The van der Waals surface area contributed by atoms with Gasteiger partial charge in [0, 0.05) is 4.88 Å². The maximum atomic E-state index is 11.7. The van der Waals surface area contributed by atoms with Gasteiger partial charge in [-0.05, 0) is 48.2 Å². The first-order chi connectivity index (χ1) is 9.69. The van der Waals surface area contributed by atoms with Crippen LogP contribution in [0.5, 0.6) is 11.5 Å². The molecule has 2 aromatic rings. The predicted octanol–water partition coefficient (Wildman–Crippen LogP) is 2.76. The summed E-state index contributed by atoms with van der Waals surface area (Å²) in [6.07, 6.45) is 0. The van der Waals surface area contributed by atoms with E-state index in [1.165, 1.54) is 10.4 Å². The molecule has 1 amide bonds. The van der Waals surface area contributed by atoms with Gasteiger partial charge in [0.1, 0.15) is 11.5 Å². The lowest BCUT2D eigenvalue weighted by Crippen LogP contribution is -2.28. The van der Waals surface area contributed by atoms with E-state index in [0.717, 1.165) is 5.75 Å². The lowest BCUT2D eigenvalue weighted by Gasteiger charge is -2.08. The number of amides is 1. The fourth-order valence-corrected chi connectivity index (χ4v) is 2.48. The summed E-state index contributed by atoms with van der Waals surface area (Å²) in [6, 6.07) is 9.18. The Hall–Kier alpha value is -2.01. The molecule has 0 unspecified atom stereocenters. The number of nitrogens with one attached hydrogen (secondary N) is 1. The Balaban J connectivity index is 1.75. The van der Waals surface area contributed by atoms with Gasteiger partial charge >= 0.3 is 0 Å². The van der Waals surface area contributed by atoms with Crippen LogP contribution in [0.1, 0.15) is 10.4 Å². The van der Waals surface area contributed by atoms with Gasteiger partial charge in [-0.2, -0.15) is 0 Å². The maximum absolute atomic E-state index is 11.7. The topological polar surface area (TPSA) is 47.6 Å². The Morgan fingerprint density at radius 1 is 1.20 bits per heavy atom. The highest BCUT2D eigenvalue weighted by Gasteiger charge is 2.05. The molecule has 20 heavy (non-hydrogen) atoms. The van der Waals surface area contributed by atoms with E-state index in [1.807, 2.05) is 18.4 Å². The molecule has 0 fully saturated rings. The summed E-state index contributed by atoms with van der Waals surface area (Å²) < 4.78 is 10.5. The fraction of sp³-hybridized carbons (Fsp3) is 0.267. The first-order valence-corrected chi connectivity index (χ1v) is 7.13. The van der Waals surface area contributed by atoms with E-state index in [-0.39, 0.29) is 12.5 Å². The normalized spacial score (nSPS) is 10.1. The Labute approximate surface area is 122 Å².